The molecule has 0 radical (unpaired) electrons. The number of rotatable bonds is 2. The van der Waals surface area contributed by atoms with Gasteiger partial charge in [0.15, 0.2) is 0 Å². The van der Waals surface area contributed by atoms with E-state index in [4.69, 9.17) is 4.42 Å². The second-order valence-electron chi connectivity index (χ2n) is 5.97. The van der Waals surface area contributed by atoms with E-state index in [0.717, 1.165) is 5.56 Å². The van der Waals surface area contributed by atoms with Gasteiger partial charge < -0.3 is 14.6 Å². The third-order valence-electron chi connectivity index (χ3n) is 4.13. The molecule has 0 aliphatic carbocycles. The molecule has 2 amide bonds. The maximum absolute atomic E-state index is 12.6. The fraction of sp³-hybridized carbons (Fsp3) is 0.438. The first-order chi connectivity index (χ1) is 11.8. The minimum atomic E-state index is -4.66. The van der Waals surface area contributed by atoms with Crippen LogP contribution in [0.3, 0.4) is 0 Å². The molecule has 1 N–H and O–H groups in total. The van der Waals surface area contributed by atoms with Crippen molar-refractivity contribution in [2.24, 2.45) is 0 Å². The molecule has 1 fully saturated rings. The molecule has 6 nitrogen and oxygen atoms in total. The number of carbonyl (C=O) groups excluding carboxylic acids is 1. The molecule has 0 saturated carbocycles. The van der Waals surface area contributed by atoms with Crippen molar-refractivity contribution in [1.29, 1.82) is 0 Å². The molecule has 134 valence electrons. The second-order valence-corrected chi connectivity index (χ2v) is 5.97. The van der Waals surface area contributed by atoms with E-state index in [1.165, 1.54) is 0 Å². The first-order valence-electron chi connectivity index (χ1n) is 7.87. The van der Waals surface area contributed by atoms with Crippen molar-refractivity contribution in [3.05, 3.63) is 41.6 Å². The van der Waals surface area contributed by atoms with Crippen molar-refractivity contribution in [2.45, 2.75) is 31.9 Å². The van der Waals surface area contributed by atoms with Crippen LogP contribution in [-0.4, -0.2) is 34.2 Å². The number of alkyl halides is 3. The highest BCUT2D eigenvalue weighted by molar-refractivity contribution is 5.90. The number of nitrogens with one attached hydrogen (secondary N) is 1. The van der Waals surface area contributed by atoms with E-state index in [1.54, 1.807) is 11.0 Å². The van der Waals surface area contributed by atoms with E-state index in [9.17, 15) is 18.0 Å². The third kappa shape index (κ3) is 3.92. The number of anilines is 1. The molecule has 1 aliphatic heterocycles. The molecular weight excluding hydrogens is 337 g/mol. The van der Waals surface area contributed by atoms with Gasteiger partial charge in [-0.05, 0) is 31.4 Å². The van der Waals surface area contributed by atoms with Crippen LogP contribution in [0.25, 0.3) is 0 Å². The van der Waals surface area contributed by atoms with Gasteiger partial charge in [-0.3, -0.25) is 0 Å². The number of likely N-dealkylation sites (tertiary alicyclic amines) is 1. The predicted octanol–water partition coefficient (Wildman–Crippen LogP) is 3.81. The zero-order chi connectivity index (χ0) is 18.0. The minimum absolute atomic E-state index is 0.0827. The highest BCUT2D eigenvalue weighted by atomic mass is 19.4. The van der Waals surface area contributed by atoms with Crippen molar-refractivity contribution in [2.75, 3.05) is 18.4 Å². The molecule has 0 bridgehead atoms. The van der Waals surface area contributed by atoms with Crippen molar-refractivity contribution >= 4 is 11.7 Å². The summed E-state index contributed by atoms with van der Waals surface area (Å²) >= 11 is 0. The summed E-state index contributed by atoms with van der Waals surface area (Å²) in [6.45, 7) is 2.64. The number of halogens is 3. The molecule has 1 atom stereocenters. The number of carbonyl (C=O) groups is 1. The number of nitrogens with zero attached hydrogens (tertiary/aromatic N) is 3. The predicted molar refractivity (Wildman–Crippen MR) is 83.0 cm³/mol. The fourth-order valence-corrected chi connectivity index (χ4v) is 2.78. The second kappa shape index (κ2) is 6.73. The summed E-state index contributed by atoms with van der Waals surface area (Å²) < 4.78 is 42.5. The molecular formula is C16H17F3N4O2. The lowest BCUT2D eigenvalue weighted by Crippen LogP contribution is -2.41. The van der Waals surface area contributed by atoms with Crippen molar-refractivity contribution in [1.82, 2.24) is 15.1 Å². The topological polar surface area (TPSA) is 71.3 Å². The number of benzene rings is 1. The summed E-state index contributed by atoms with van der Waals surface area (Å²) in [5, 5.41) is 9.38. The number of urea groups is 1. The summed E-state index contributed by atoms with van der Waals surface area (Å²) in [6.07, 6.45) is -3.43. The Kier molecular flexibility index (Phi) is 4.65. The van der Waals surface area contributed by atoms with E-state index in [0.29, 0.717) is 25.1 Å². The van der Waals surface area contributed by atoms with Gasteiger partial charge in [-0.1, -0.05) is 18.2 Å². The molecule has 1 aromatic carbocycles. The summed E-state index contributed by atoms with van der Waals surface area (Å²) in [5.74, 6) is -1.84. The lowest BCUT2D eigenvalue weighted by Gasteiger charge is -2.31. The van der Waals surface area contributed by atoms with E-state index < -0.39 is 18.0 Å². The Hall–Kier alpha value is -2.58. The molecule has 25 heavy (non-hydrogen) atoms. The average Bonchev–Trinajstić information content (AvgIpc) is 3.07. The van der Waals surface area contributed by atoms with Crippen LogP contribution in [0, 0.1) is 6.92 Å². The number of aromatic nitrogens is 2. The van der Waals surface area contributed by atoms with Crippen molar-refractivity contribution in [3.8, 4) is 0 Å². The summed E-state index contributed by atoms with van der Waals surface area (Å²) in [7, 11) is 0. The Bertz CT molecular complexity index is 760. The Balaban J connectivity index is 1.67. The highest BCUT2D eigenvalue weighted by Gasteiger charge is 2.39. The number of piperidine rings is 1. The first-order valence-corrected chi connectivity index (χ1v) is 7.87. The van der Waals surface area contributed by atoms with Crippen LogP contribution < -0.4 is 5.32 Å². The SMILES string of the molecule is Cc1ccccc1NC(=O)N1CCCC(c2nnc(C(F)(F)F)o2)C1. The van der Waals surface area contributed by atoms with Gasteiger partial charge in [0.25, 0.3) is 0 Å². The largest absolute Gasteiger partial charge is 0.470 e. The van der Waals surface area contributed by atoms with Gasteiger partial charge >= 0.3 is 18.1 Å². The molecule has 2 aromatic rings. The van der Waals surface area contributed by atoms with Crippen LogP contribution in [0.5, 0.6) is 0 Å². The Labute approximate surface area is 142 Å². The maximum atomic E-state index is 12.6. The average molecular weight is 354 g/mol. The standard InChI is InChI=1S/C16H17F3N4O2/c1-10-5-2-3-7-12(10)20-15(24)23-8-4-6-11(9-23)13-21-22-14(25-13)16(17,18)19/h2-3,5,7,11H,4,6,8-9H2,1H3,(H,20,24). The van der Waals surface area contributed by atoms with Gasteiger partial charge in [0.05, 0.1) is 5.92 Å². The normalized spacial score (nSPS) is 18.2. The Morgan fingerprint density at radius 2 is 2.08 bits per heavy atom. The third-order valence-corrected chi connectivity index (χ3v) is 4.13. The molecule has 1 aliphatic rings. The van der Waals surface area contributed by atoms with Crippen molar-refractivity contribution < 1.29 is 22.4 Å². The van der Waals surface area contributed by atoms with Crippen LogP contribution in [0.1, 0.15) is 36.1 Å². The summed E-state index contributed by atoms with van der Waals surface area (Å²) in [6, 6.07) is 7.07. The monoisotopic (exact) mass is 354 g/mol. The zero-order valence-corrected chi connectivity index (χ0v) is 13.5. The van der Waals surface area contributed by atoms with Crippen LogP contribution >= 0.6 is 0 Å². The van der Waals surface area contributed by atoms with Crippen LogP contribution in [0.15, 0.2) is 28.7 Å². The Morgan fingerprint density at radius 3 is 2.76 bits per heavy atom. The molecule has 1 saturated heterocycles. The molecule has 1 unspecified atom stereocenters. The summed E-state index contributed by atoms with van der Waals surface area (Å²) in [4.78, 5) is 14.0. The molecule has 2 heterocycles. The fourth-order valence-electron chi connectivity index (χ4n) is 2.78. The molecule has 1 aromatic heterocycles. The van der Waals surface area contributed by atoms with Crippen LogP contribution in [0.2, 0.25) is 0 Å². The quantitative estimate of drug-likeness (QED) is 0.890. The minimum Gasteiger partial charge on any atom is -0.417 e. The Morgan fingerprint density at radius 1 is 1.32 bits per heavy atom. The number of para-hydroxylation sites is 1. The summed E-state index contributed by atoms with van der Waals surface area (Å²) in [5.41, 5.74) is 1.63. The van der Waals surface area contributed by atoms with E-state index in [2.05, 4.69) is 15.5 Å². The number of hydrogen-bond donors (Lipinski definition) is 1. The first kappa shape index (κ1) is 17.2. The van der Waals surface area contributed by atoms with Gasteiger partial charge in [0.2, 0.25) is 5.89 Å². The van der Waals surface area contributed by atoms with Crippen molar-refractivity contribution in [3.63, 3.8) is 0 Å². The lowest BCUT2D eigenvalue weighted by atomic mass is 9.98. The molecule has 3 rings (SSSR count). The maximum Gasteiger partial charge on any atom is 0.470 e. The van der Waals surface area contributed by atoms with Gasteiger partial charge in [0.1, 0.15) is 0 Å². The van der Waals surface area contributed by atoms with Gasteiger partial charge in [-0.15, -0.1) is 10.2 Å². The van der Waals surface area contributed by atoms with E-state index in [1.807, 2.05) is 25.1 Å². The van der Waals surface area contributed by atoms with E-state index >= 15 is 0 Å². The molecule has 0 spiro atoms. The van der Waals surface area contributed by atoms with Crippen LogP contribution in [0.4, 0.5) is 23.7 Å². The number of hydrogen-bond acceptors (Lipinski definition) is 4. The van der Waals surface area contributed by atoms with E-state index in [-0.39, 0.29) is 18.5 Å². The number of amides is 2. The van der Waals surface area contributed by atoms with Gasteiger partial charge in [0, 0.05) is 18.8 Å². The molecule has 9 heteroatoms. The van der Waals surface area contributed by atoms with Gasteiger partial charge in [-0.2, -0.15) is 13.2 Å². The number of aryl methyl sites for hydroxylation is 1. The zero-order valence-electron chi connectivity index (χ0n) is 13.5. The highest BCUT2D eigenvalue weighted by Crippen LogP contribution is 2.32. The lowest BCUT2D eigenvalue weighted by molar-refractivity contribution is -0.157. The smallest absolute Gasteiger partial charge is 0.417 e. The van der Waals surface area contributed by atoms with Crippen LogP contribution in [-0.2, 0) is 6.18 Å². The van der Waals surface area contributed by atoms with Gasteiger partial charge in [-0.25, -0.2) is 4.79 Å².